The SMILES string of the molecule is CCOC(=O)/C(Br)=C/C(F)(F)F. The van der Waals surface area contributed by atoms with Crippen LogP contribution in [0.3, 0.4) is 0 Å². The maximum Gasteiger partial charge on any atom is 0.411 e. The summed E-state index contributed by atoms with van der Waals surface area (Å²) >= 11 is 2.45. The lowest BCUT2D eigenvalue weighted by Crippen LogP contribution is -2.09. The third kappa shape index (κ3) is 5.17. The molecule has 12 heavy (non-hydrogen) atoms. The summed E-state index contributed by atoms with van der Waals surface area (Å²) in [7, 11) is 0. The molecule has 0 radical (unpaired) electrons. The Morgan fingerprint density at radius 3 is 2.42 bits per heavy atom. The Kier molecular flexibility index (Phi) is 4.30. The van der Waals surface area contributed by atoms with Crippen molar-refractivity contribution in [1.82, 2.24) is 0 Å². The molecule has 0 rings (SSSR count). The Hall–Kier alpha value is -0.520. The Balaban J connectivity index is 4.28. The van der Waals surface area contributed by atoms with E-state index in [-0.39, 0.29) is 12.7 Å². The summed E-state index contributed by atoms with van der Waals surface area (Å²) in [6.45, 7) is 1.55. The van der Waals surface area contributed by atoms with Crippen LogP contribution in [0.25, 0.3) is 0 Å². The first-order valence-electron chi connectivity index (χ1n) is 2.99. The fraction of sp³-hybridized carbons (Fsp3) is 0.500. The Morgan fingerprint density at radius 1 is 1.58 bits per heavy atom. The molecule has 70 valence electrons. The van der Waals surface area contributed by atoms with Gasteiger partial charge >= 0.3 is 12.1 Å². The molecule has 0 unspecified atom stereocenters. The smallest absolute Gasteiger partial charge is 0.411 e. The molecule has 0 aliphatic heterocycles. The highest BCUT2D eigenvalue weighted by atomic mass is 79.9. The number of carbonyl (C=O) groups is 1. The van der Waals surface area contributed by atoms with Gasteiger partial charge in [-0.1, -0.05) is 0 Å². The van der Waals surface area contributed by atoms with Gasteiger partial charge < -0.3 is 4.74 Å². The summed E-state index contributed by atoms with van der Waals surface area (Å²) in [5.41, 5.74) is 0. The van der Waals surface area contributed by atoms with Gasteiger partial charge in [0.15, 0.2) is 0 Å². The number of esters is 1. The first kappa shape index (κ1) is 11.5. The summed E-state index contributed by atoms with van der Waals surface area (Å²) in [4.78, 5) is 10.6. The summed E-state index contributed by atoms with van der Waals surface area (Å²) in [6, 6.07) is 0. The van der Waals surface area contributed by atoms with Gasteiger partial charge in [0.25, 0.3) is 0 Å². The molecule has 6 heteroatoms. The zero-order chi connectivity index (χ0) is 9.78. The van der Waals surface area contributed by atoms with Crippen LogP contribution in [0.1, 0.15) is 6.92 Å². The van der Waals surface area contributed by atoms with Crippen LogP contribution in [-0.4, -0.2) is 18.8 Å². The molecular weight excluding hydrogens is 241 g/mol. The molecule has 0 aromatic rings. The third-order valence-corrected chi connectivity index (χ3v) is 1.31. The molecule has 0 heterocycles. The molecule has 0 fully saturated rings. The molecule has 0 aliphatic rings. The second-order valence-corrected chi connectivity index (χ2v) is 2.61. The zero-order valence-electron chi connectivity index (χ0n) is 6.11. The molecule has 0 saturated heterocycles. The molecule has 0 aromatic heterocycles. The van der Waals surface area contributed by atoms with Gasteiger partial charge in [0, 0.05) is 6.08 Å². The summed E-state index contributed by atoms with van der Waals surface area (Å²) < 4.78 is 38.4. The third-order valence-electron chi connectivity index (χ3n) is 0.761. The lowest BCUT2D eigenvalue weighted by Gasteiger charge is -2.01. The highest BCUT2D eigenvalue weighted by Gasteiger charge is 2.26. The van der Waals surface area contributed by atoms with Gasteiger partial charge in [-0.15, -0.1) is 0 Å². The summed E-state index contributed by atoms with van der Waals surface area (Å²) in [5.74, 6) is -1.02. The largest absolute Gasteiger partial charge is 0.462 e. The summed E-state index contributed by atoms with van der Waals surface area (Å²) in [5, 5.41) is 0. The average Bonchev–Trinajstić information content (AvgIpc) is 1.84. The van der Waals surface area contributed by atoms with Crippen LogP contribution in [0.2, 0.25) is 0 Å². The Bertz CT molecular complexity index is 197. The molecule has 0 atom stereocenters. The molecule has 0 aliphatic carbocycles. The van der Waals surface area contributed by atoms with Crippen LogP contribution in [0, 0.1) is 0 Å². The normalized spacial score (nSPS) is 12.9. The average molecular weight is 247 g/mol. The fourth-order valence-electron chi connectivity index (χ4n) is 0.403. The number of ether oxygens (including phenoxy) is 1. The number of carbonyl (C=O) groups excluding carboxylic acids is 1. The number of hydrogen-bond donors (Lipinski definition) is 0. The van der Waals surface area contributed by atoms with Crippen LogP contribution in [-0.2, 0) is 9.53 Å². The standard InChI is InChI=1S/C6H6BrF3O2/c1-2-12-5(11)4(7)3-6(8,9)10/h3H,2H2,1H3/b4-3-. The lowest BCUT2D eigenvalue weighted by molar-refractivity contribution is -0.138. The van der Waals surface area contributed by atoms with Gasteiger partial charge in [0.2, 0.25) is 0 Å². The number of rotatable bonds is 2. The number of halogens is 4. The quantitative estimate of drug-likeness (QED) is 0.553. The molecule has 0 N–H and O–H groups in total. The molecule has 0 aromatic carbocycles. The van der Waals surface area contributed by atoms with E-state index in [4.69, 9.17) is 0 Å². The van der Waals surface area contributed by atoms with E-state index in [0.29, 0.717) is 0 Å². The number of alkyl halides is 3. The molecule has 0 saturated carbocycles. The van der Waals surface area contributed by atoms with Crippen LogP contribution >= 0.6 is 15.9 Å². The van der Waals surface area contributed by atoms with Crippen molar-refractivity contribution in [2.24, 2.45) is 0 Å². The van der Waals surface area contributed by atoms with E-state index in [9.17, 15) is 18.0 Å². The predicted octanol–water partition coefficient (Wildman–Crippen LogP) is 2.39. The van der Waals surface area contributed by atoms with Crippen molar-refractivity contribution in [1.29, 1.82) is 0 Å². The maximum absolute atomic E-state index is 11.6. The zero-order valence-corrected chi connectivity index (χ0v) is 7.70. The highest BCUT2D eigenvalue weighted by Crippen LogP contribution is 2.21. The monoisotopic (exact) mass is 246 g/mol. The minimum atomic E-state index is -4.51. The highest BCUT2D eigenvalue weighted by molar-refractivity contribution is 9.12. The topological polar surface area (TPSA) is 26.3 Å². The van der Waals surface area contributed by atoms with Crippen molar-refractivity contribution in [3.05, 3.63) is 10.6 Å². The van der Waals surface area contributed by atoms with Crippen molar-refractivity contribution < 1.29 is 22.7 Å². The van der Waals surface area contributed by atoms with Crippen LogP contribution in [0.15, 0.2) is 10.6 Å². The van der Waals surface area contributed by atoms with Gasteiger partial charge in [0.05, 0.1) is 6.61 Å². The number of hydrogen-bond acceptors (Lipinski definition) is 2. The Morgan fingerprint density at radius 2 is 2.08 bits per heavy atom. The molecule has 0 spiro atoms. The number of allylic oxidation sites excluding steroid dienone is 1. The van der Waals surface area contributed by atoms with Crippen molar-refractivity contribution in [3.63, 3.8) is 0 Å². The van der Waals surface area contributed by atoms with Gasteiger partial charge in [0.1, 0.15) is 4.48 Å². The lowest BCUT2D eigenvalue weighted by atomic mass is 10.5. The summed E-state index contributed by atoms with van der Waals surface area (Å²) in [6.07, 6.45) is -4.67. The van der Waals surface area contributed by atoms with Gasteiger partial charge in [-0.2, -0.15) is 13.2 Å². The Labute approximate surface area is 75.5 Å². The van der Waals surface area contributed by atoms with Crippen molar-refractivity contribution in [3.8, 4) is 0 Å². The van der Waals surface area contributed by atoms with Crippen molar-refractivity contribution >= 4 is 21.9 Å². The van der Waals surface area contributed by atoms with Crippen molar-refractivity contribution in [2.75, 3.05) is 6.61 Å². The maximum atomic E-state index is 11.6. The van der Waals surface area contributed by atoms with E-state index in [2.05, 4.69) is 20.7 Å². The van der Waals surface area contributed by atoms with E-state index in [0.717, 1.165) is 0 Å². The van der Waals surface area contributed by atoms with Crippen LogP contribution in [0.4, 0.5) is 13.2 Å². The minimum absolute atomic E-state index is 0.0413. The van der Waals surface area contributed by atoms with Gasteiger partial charge in [-0.3, -0.25) is 0 Å². The van der Waals surface area contributed by atoms with E-state index in [1.807, 2.05) is 0 Å². The molecular formula is C6H6BrF3O2. The second kappa shape index (κ2) is 4.49. The molecule has 0 bridgehead atoms. The first-order chi connectivity index (χ1) is 5.37. The molecule has 0 amide bonds. The van der Waals surface area contributed by atoms with E-state index in [1.54, 1.807) is 0 Å². The second-order valence-electron chi connectivity index (χ2n) is 1.75. The van der Waals surface area contributed by atoms with E-state index in [1.165, 1.54) is 6.92 Å². The fourth-order valence-corrected chi connectivity index (χ4v) is 0.777. The predicted molar refractivity (Wildman–Crippen MR) is 39.7 cm³/mol. The first-order valence-corrected chi connectivity index (χ1v) is 3.78. The van der Waals surface area contributed by atoms with Crippen LogP contribution in [0.5, 0.6) is 0 Å². The molecule has 2 nitrogen and oxygen atoms in total. The minimum Gasteiger partial charge on any atom is -0.462 e. The van der Waals surface area contributed by atoms with E-state index < -0.39 is 16.6 Å². The van der Waals surface area contributed by atoms with Gasteiger partial charge in [-0.05, 0) is 22.9 Å². The van der Waals surface area contributed by atoms with E-state index >= 15 is 0 Å². The van der Waals surface area contributed by atoms with Crippen LogP contribution < -0.4 is 0 Å². The van der Waals surface area contributed by atoms with Crippen molar-refractivity contribution in [2.45, 2.75) is 13.1 Å². The van der Waals surface area contributed by atoms with Gasteiger partial charge in [-0.25, -0.2) is 4.79 Å².